The molecule has 6 unspecified atom stereocenters. The molecule has 4 amide bonds. The van der Waals surface area contributed by atoms with E-state index in [2.05, 4.69) is 51.0 Å². The molecule has 6 atom stereocenters. The van der Waals surface area contributed by atoms with Crippen molar-refractivity contribution in [1.29, 1.82) is 0 Å². The number of aliphatic hydroxyl groups excluding tert-OH is 1. The molecule has 0 aliphatic carbocycles. The molecule has 438 valence electrons. The maximum atomic E-state index is 13.4. The van der Waals surface area contributed by atoms with Crippen LogP contribution in [0.4, 0.5) is 43.4 Å². The molecule has 0 radical (unpaired) electrons. The number of hydrogen-bond donors (Lipinski definition) is 8. The number of ether oxygens (including phenoxy) is 4. The van der Waals surface area contributed by atoms with Gasteiger partial charge >= 0.3 is 12.2 Å². The van der Waals surface area contributed by atoms with E-state index in [1.807, 2.05) is 45.9 Å². The fourth-order valence-corrected chi connectivity index (χ4v) is 10.4. The van der Waals surface area contributed by atoms with Crippen LogP contribution in [-0.2, 0) is 30.2 Å². The van der Waals surface area contributed by atoms with E-state index < -0.39 is 48.4 Å². The molecule has 81 heavy (non-hydrogen) atoms. The molecule has 1 saturated heterocycles. The number of amides is 4. The molecule has 2 aliphatic heterocycles. The van der Waals surface area contributed by atoms with E-state index >= 15 is 0 Å². The van der Waals surface area contributed by atoms with Crippen molar-refractivity contribution in [3.8, 4) is 11.5 Å². The summed E-state index contributed by atoms with van der Waals surface area (Å²) in [4.78, 5) is 73.9. The zero-order chi connectivity index (χ0) is 58.8. The van der Waals surface area contributed by atoms with E-state index in [4.69, 9.17) is 36.3 Å². The van der Waals surface area contributed by atoms with Gasteiger partial charge in [0.15, 0.2) is 11.2 Å². The first-order valence-electron chi connectivity index (χ1n) is 26.9. The first-order valence-corrected chi connectivity index (χ1v) is 28.1. The van der Waals surface area contributed by atoms with Crippen LogP contribution >= 0.6 is 22.9 Å². The van der Waals surface area contributed by atoms with E-state index in [1.54, 1.807) is 44.4 Å². The maximum absolute atomic E-state index is 13.4. The van der Waals surface area contributed by atoms with Gasteiger partial charge in [0.2, 0.25) is 0 Å². The number of nitrogens with two attached hydrogens (primary N) is 1. The number of fused-ring (bicyclic) bond motifs is 2. The Balaban J connectivity index is 0.947. The van der Waals surface area contributed by atoms with Crippen molar-refractivity contribution in [2.45, 2.75) is 104 Å². The van der Waals surface area contributed by atoms with Gasteiger partial charge in [-0.1, -0.05) is 79.6 Å². The Morgan fingerprint density at radius 1 is 1.02 bits per heavy atom. The molecule has 22 nitrogen and oxygen atoms in total. The van der Waals surface area contributed by atoms with Gasteiger partial charge in [-0.15, -0.1) is 0 Å². The third kappa shape index (κ3) is 18.4. The highest BCUT2D eigenvalue weighted by Crippen LogP contribution is 2.44. The predicted octanol–water partition coefficient (Wildman–Crippen LogP) is 8.88. The van der Waals surface area contributed by atoms with Crippen LogP contribution in [0.5, 0.6) is 11.5 Å². The lowest BCUT2D eigenvalue weighted by Gasteiger charge is -2.35. The number of hydrogen-bond acceptors (Lipinski definition) is 19. The number of alkyl carbamates (subject to hydrolysis) is 1. The molecule has 0 saturated carbocycles. The van der Waals surface area contributed by atoms with Crippen molar-refractivity contribution in [3.05, 3.63) is 98.8 Å². The van der Waals surface area contributed by atoms with Gasteiger partial charge in [0, 0.05) is 88.9 Å². The molecule has 2 aromatic carbocycles. The second-order valence-electron chi connectivity index (χ2n) is 20.2. The summed E-state index contributed by atoms with van der Waals surface area (Å²) in [5.41, 5.74) is 8.11. The molecule has 2 aliphatic rings. The number of allylic oxidation sites excluding steroid dienone is 2. The number of aromatic hydroxyl groups is 2. The number of halogens is 1. The minimum Gasteiger partial charge on any atom is -0.506 e. The van der Waals surface area contributed by atoms with Crippen molar-refractivity contribution in [1.82, 2.24) is 25.2 Å². The second-order valence-corrected chi connectivity index (χ2v) is 21.6. The minimum absolute atomic E-state index is 0.0160. The number of aromatic nitrogens is 3. The van der Waals surface area contributed by atoms with Gasteiger partial charge in [-0.2, -0.15) is 0 Å². The predicted molar refractivity (Wildman–Crippen MR) is 315 cm³/mol. The number of phenols is 2. The summed E-state index contributed by atoms with van der Waals surface area (Å²) in [6.07, 6.45) is 7.98. The number of rotatable bonds is 18. The zero-order valence-electron chi connectivity index (χ0n) is 47.2. The number of methoxy groups -OCH3 is 2. The largest absolute Gasteiger partial charge is 0.506 e. The lowest BCUT2D eigenvalue weighted by atomic mass is 9.87. The summed E-state index contributed by atoms with van der Waals surface area (Å²) in [7, 11) is 2.94. The standard InChI is InChI=1S/C57H76ClN11O11S/c1-33-27-39-49(42(70)30-41(51(39)72)65-53(73)35(3)16-14-18-43(77-7)52(80-55(59)75)37(5)29-36(4)50(71)44(28-33)78-8)60-19-11-9-10-12-20-61-57(76)79-26-25-68-21-23-69(24-22-68)47-31-46(63-38(6)64-47)66-56-62-32-45(81-56)54(74)67-48-34(2)15-13-17-40(48)58/h13-19,29-33,36,43-44,50,52,70-72H,9-12,20-28H2,1-8H3,(H2,59,75)(H,61,76)(H,65,73)(H,67,74)(H,62,63,64,66)/b18-14-,35-16?,37-29?,60-19?. The summed E-state index contributed by atoms with van der Waals surface area (Å²) < 4.78 is 22.3. The van der Waals surface area contributed by atoms with Crippen molar-refractivity contribution in [3.63, 3.8) is 0 Å². The molecule has 4 aromatic rings. The number of para-hydroxylation sites is 1. The van der Waals surface area contributed by atoms with Crippen LogP contribution in [0.25, 0.3) is 0 Å². The second kappa shape index (κ2) is 30.6. The number of aryl methyl sites for hydroxylation is 2. The summed E-state index contributed by atoms with van der Waals surface area (Å²) in [5, 5.41) is 47.1. The topological polar surface area (TPSA) is 298 Å². The van der Waals surface area contributed by atoms with Gasteiger partial charge in [0.05, 0.1) is 34.8 Å². The molecule has 9 N–H and O–H groups in total. The number of phenolic OH excluding ortho intramolecular Hbond substituents is 2. The molecular weight excluding hydrogens is 1080 g/mol. The van der Waals surface area contributed by atoms with Crippen molar-refractivity contribution in [2.75, 3.05) is 80.9 Å². The van der Waals surface area contributed by atoms with Crippen LogP contribution < -0.4 is 31.9 Å². The summed E-state index contributed by atoms with van der Waals surface area (Å²) >= 11 is 7.51. The Bertz CT molecular complexity index is 2930. The fourth-order valence-electron chi connectivity index (χ4n) is 9.43. The maximum Gasteiger partial charge on any atom is 0.407 e. The van der Waals surface area contributed by atoms with Crippen molar-refractivity contribution < 1.29 is 53.4 Å². The number of nitrogens with one attached hydrogen (secondary N) is 4. The average molecular weight is 1160 g/mol. The average Bonchev–Trinajstić information content (AvgIpc) is 3.95. The van der Waals surface area contributed by atoms with Crippen LogP contribution in [0.3, 0.4) is 0 Å². The van der Waals surface area contributed by atoms with E-state index in [1.165, 1.54) is 43.9 Å². The molecule has 6 rings (SSSR count). The van der Waals surface area contributed by atoms with E-state index in [-0.39, 0.29) is 53.3 Å². The number of piperazine rings is 1. The summed E-state index contributed by atoms with van der Waals surface area (Å²) in [6, 6.07) is 8.54. The highest BCUT2D eigenvalue weighted by Gasteiger charge is 2.31. The summed E-state index contributed by atoms with van der Waals surface area (Å²) in [6.45, 7) is 14.9. The number of carbonyl (C=O) groups is 4. The number of carbonyl (C=O) groups excluding carboxylic acids is 4. The number of nitrogens with zero attached hydrogens (tertiary/aromatic N) is 6. The number of unbranched alkanes of at least 4 members (excludes halogenated alkanes) is 3. The Morgan fingerprint density at radius 2 is 1.79 bits per heavy atom. The quantitative estimate of drug-likeness (QED) is 0.0152. The Kier molecular flexibility index (Phi) is 23.8. The molecule has 1 fully saturated rings. The number of primary amides is 1. The third-order valence-electron chi connectivity index (χ3n) is 13.9. The Morgan fingerprint density at radius 3 is 2.51 bits per heavy atom. The van der Waals surface area contributed by atoms with E-state index in [9.17, 15) is 34.5 Å². The normalized spacial score (nSPS) is 20.9. The van der Waals surface area contributed by atoms with Crippen molar-refractivity contribution >= 4 is 87.0 Å². The molecule has 2 aromatic heterocycles. The molecule has 0 spiro atoms. The van der Waals surface area contributed by atoms with E-state index in [0.29, 0.717) is 88.9 Å². The third-order valence-corrected chi connectivity index (χ3v) is 15.1. The molecule has 24 heteroatoms. The number of aliphatic imine (C=N–C) groups is 1. The summed E-state index contributed by atoms with van der Waals surface area (Å²) in [5.74, 6) is -0.178. The van der Waals surface area contributed by atoms with Crippen LogP contribution in [0, 0.1) is 25.7 Å². The fraction of sp³-hybridized carbons (Fsp3) is 0.474. The number of benzene rings is 2. The van der Waals surface area contributed by atoms with Gasteiger partial charge < -0.3 is 66.2 Å². The lowest BCUT2D eigenvalue weighted by molar-refractivity contribution is -0.112. The molecule has 4 heterocycles. The van der Waals surface area contributed by atoms with Gasteiger partial charge in [-0.3, -0.25) is 19.5 Å². The number of aliphatic hydroxyl groups is 1. The SMILES string of the molecule is COC1/C=C\C=C(C)C(=O)Nc2cc(O)c(N=CCCCCCNC(=O)OCCN3CCN(c4cc(Nc5ncc(C(=O)Nc6c(C)cccc6Cl)s5)nc(C)n4)CC3)c(c2O)CC(C)CC(OC)C(O)C(C)C=C(C)C1OC(N)=O. The van der Waals surface area contributed by atoms with Gasteiger partial charge in [-0.05, 0) is 82.9 Å². The number of anilines is 5. The van der Waals surface area contributed by atoms with Gasteiger partial charge in [-0.25, -0.2) is 24.5 Å². The Labute approximate surface area is 481 Å². The smallest absolute Gasteiger partial charge is 0.407 e. The minimum atomic E-state index is -1.01. The Hall–Kier alpha value is -7.15. The lowest BCUT2D eigenvalue weighted by Crippen LogP contribution is -2.47. The number of thiazole rings is 1. The van der Waals surface area contributed by atoms with Crippen LogP contribution in [-0.4, -0.2) is 150 Å². The monoisotopic (exact) mass is 1160 g/mol. The molecule has 2 bridgehead atoms. The highest BCUT2D eigenvalue weighted by molar-refractivity contribution is 7.17. The van der Waals surface area contributed by atoms with Crippen LogP contribution in [0.1, 0.15) is 86.4 Å². The highest BCUT2D eigenvalue weighted by atomic mass is 35.5. The first kappa shape index (κ1) is 63.0. The first-order chi connectivity index (χ1) is 38.7. The van der Waals surface area contributed by atoms with Crippen LogP contribution in [0.15, 0.2) is 77.0 Å². The zero-order valence-corrected chi connectivity index (χ0v) is 48.7. The van der Waals surface area contributed by atoms with Gasteiger partial charge in [0.25, 0.3) is 11.8 Å². The van der Waals surface area contributed by atoms with E-state index in [0.717, 1.165) is 37.3 Å². The van der Waals surface area contributed by atoms with Crippen molar-refractivity contribution in [2.24, 2.45) is 22.6 Å². The molecular formula is C57H76ClN11O11S. The van der Waals surface area contributed by atoms with Crippen LogP contribution in [0.2, 0.25) is 5.02 Å². The van der Waals surface area contributed by atoms with Gasteiger partial charge in [0.1, 0.15) is 52.2 Å².